The summed E-state index contributed by atoms with van der Waals surface area (Å²) in [6, 6.07) is 14.7. The summed E-state index contributed by atoms with van der Waals surface area (Å²) in [4.78, 5) is 2.43. The molecule has 0 heterocycles. The number of benzene rings is 2. The molecule has 0 atom stereocenters. The van der Waals surface area contributed by atoms with E-state index in [1.165, 1.54) is 15.4 Å². The summed E-state index contributed by atoms with van der Waals surface area (Å²) in [5, 5.41) is 3.35. The molecule has 112 valence electrons. The molecule has 0 aliphatic rings. The van der Waals surface area contributed by atoms with Crippen LogP contribution in [0.15, 0.2) is 61.2 Å². The highest BCUT2D eigenvalue weighted by Crippen LogP contribution is 2.35. The summed E-state index contributed by atoms with van der Waals surface area (Å²) < 4.78 is 7.28. The van der Waals surface area contributed by atoms with Crippen molar-refractivity contribution >= 4 is 43.6 Å². The van der Waals surface area contributed by atoms with E-state index in [1.807, 2.05) is 6.07 Å². The van der Waals surface area contributed by atoms with Crippen LogP contribution in [0, 0.1) is 0 Å². The van der Waals surface area contributed by atoms with Crippen LogP contribution in [-0.2, 0) is 11.3 Å². The number of halogens is 2. The van der Waals surface area contributed by atoms with Crippen molar-refractivity contribution in [1.82, 2.24) is 5.32 Å². The molecule has 5 heteroatoms. The maximum atomic E-state index is 5.02. The predicted octanol–water partition coefficient (Wildman–Crippen LogP) is 5.10. The number of nitrogens with one attached hydrogen (secondary N) is 1. The summed E-state index contributed by atoms with van der Waals surface area (Å²) in [5.41, 5.74) is 1.25. The van der Waals surface area contributed by atoms with E-state index in [9.17, 15) is 0 Å². The van der Waals surface area contributed by atoms with Gasteiger partial charge in [-0.15, -0.1) is 0 Å². The van der Waals surface area contributed by atoms with Crippen molar-refractivity contribution in [2.75, 3.05) is 20.3 Å². The van der Waals surface area contributed by atoms with Crippen molar-refractivity contribution < 1.29 is 4.74 Å². The SMILES string of the molecule is COCCNCc1ccc(Sc2ccccc2Br)cc1Br. The Balaban J connectivity index is 2.00. The first-order chi connectivity index (χ1) is 10.2. The first-order valence-corrected chi connectivity index (χ1v) is 9.01. The first-order valence-electron chi connectivity index (χ1n) is 6.61. The lowest BCUT2D eigenvalue weighted by molar-refractivity contribution is 0.199. The zero-order valence-corrected chi connectivity index (χ0v) is 15.7. The molecule has 0 bridgehead atoms. The largest absolute Gasteiger partial charge is 0.383 e. The second-order valence-electron chi connectivity index (χ2n) is 4.46. The fourth-order valence-electron chi connectivity index (χ4n) is 1.79. The molecule has 0 aliphatic carbocycles. The third-order valence-corrected chi connectivity index (χ3v) is 5.65. The number of ether oxygens (including phenoxy) is 1. The summed E-state index contributed by atoms with van der Waals surface area (Å²) in [5.74, 6) is 0. The van der Waals surface area contributed by atoms with Gasteiger partial charge in [-0.3, -0.25) is 0 Å². The molecule has 2 nitrogen and oxygen atoms in total. The van der Waals surface area contributed by atoms with Gasteiger partial charge in [-0.1, -0.05) is 45.9 Å². The lowest BCUT2D eigenvalue weighted by atomic mass is 10.2. The second kappa shape index (κ2) is 8.96. The second-order valence-corrected chi connectivity index (χ2v) is 7.28. The van der Waals surface area contributed by atoms with E-state index in [1.54, 1.807) is 18.9 Å². The van der Waals surface area contributed by atoms with Crippen LogP contribution in [-0.4, -0.2) is 20.3 Å². The standard InChI is InChI=1S/C16H17Br2NOS/c1-20-9-8-19-11-12-6-7-13(10-15(12)18)21-16-5-3-2-4-14(16)17/h2-7,10,19H,8-9,11H2,1H3. The van der Waals surface area contributed by atoms with E-state index >= 15 is 0 Å². The van der Waals surface area contributed by atoms with Gasteiger partial charge in [0.25, 0.3) is 0 Å². The van der Waals surface area contributed by atoms with E-state index < -0.39 is 0 Å². The smallest absolute Gasteiger partial charge is 0.0587 e. The average Bonchev–Trinajstić information content (AvgIpc) is 2.48. The molecule has 0 saturated heterocycles. The van der Waals surface area contributed by atoms with Crippen molar-refractivity contribution in [2.45, 2.75) is 16.3 Å². The fourth-order valence-corrected chi connectivity index (χ4v) is 3.86. The molecule has 0 aromatic heterocycles. The molecule has 21 heavy (non-hydrogen) atoms. The Morgan fingerprint density at radius 2 is 1.90 bits per heavy atom. The summed E-state index contributed by atoms with van der Waals surface area (Å²) in [6.45, 7) is 2.42. The quantitative estimate of drug-likeness (QED) is 0.617. The van der Waals surface area contributed by atoms with Gasteiger partial charge in [0.1, 0.15) is 0 Å². The third-order valence-electron chi connectivity index (χ3n) is 2.89. The minimum absolute atomic E-state index is 0.730. The molecule has 0 radical (unpaired) electrons. The maximum absolute atomic E-state index is 5.02. The van der Waals surface area contributed by atoms with Gasteiger partial charge in [-0.25, -0.2) is 0 Å². The van der Waals surface area contributed by atoms with Crippen molar-refractivity contribution in [1.29, 1.82) is 0 Å². The van der Waals surface area contributed by atoms with Crippen molar-refractivity contribution in [3.8, 4) is 0 Å². The molecule has 1 N–H and O–H groups in total. The van der Waals surface area contributed by atoms with Crippen LogP contribution in [0.2, 0.25) is 0 Å². The average molecular weight is 431 g/mol. The van der Waals surface area contributed by atoms with Gasteiger partial charge in [0.05, 0.1) is 6.61 Å². The third kappa shape index (κ3) is 5.42. The highest BCUT2D eigenvalue weighted by molar-refractivity contribution is 9.10. The Kier molecular flexibility index (Phi) is 7.26. The molecule has 0 saturated carbocycles. The van der Waals surface area contributed by atoms with E-state index in [0.717, 1.165) is 28.6 Å². The van der Waals surface area contributed by atoms with Gasteiger partial charge >= 0.3 is 0 Å². The minimum Gasteiger partial charge on any atom is -0.383 e. The Bertz CT molecular complexity index is 592. The van der Waals surface area contributed by atoms with Gasteiger partial charge in [-0.2, -0.15) is 0 Å². The van der Waals surface area contributed by atoms with Crippen LogP contribution in [0.4, 0.5) is 0 Å². The molecule has 0 spiro atoms. The highest BCUT2D eigenvalue weighted by Gasteiger charge is 2.05. The first kappa shape index (κ1) is 17.0. The monoisotopic (exact) mass is 429 g/mol. The number of rotatable bonds is 7. The molecule has 0 aliphatic heterocycles. The minimum atomic E-state index is 0.730. The normalized spacial score (nSPS) is 10.8. The van der Waals surface area contributed by atoms with Gasteiger partial charge in [0, 0.05) is 38.9 Å². The van der Waals surface area contributed by atoms with Crippen LogP contribution in [0.1, 0.15) is 5.56 Å². The molecule has 2 aromatic rings. The number of hydrogen-bond acceptors (Lipinski definition) is 3. The molecule has 0 unspecified atom stereocenters. The number of methoxy groups -OCH3 is 1. The molecule has 0 amide bonds. The summed E-state index contributed by atoms with van der Waals surface area (Å²) >= 11 is 8.98. The zero-order valence-electron chi connectivity index (χ0n) is 11.7. The van der Waals surface area contributed by atoms with E-state index in [2.05, 4.69) is 73.6 Å². The van der Waals surface area contributed by atoms with Crippen molar-refractivity contribution in [2.24, 2.45) is 0 Å². The van der Waals surface area contributed by atoms with Gasteiger partial charge < -0.3 is 10.1 Å². The fraction of sp³-hybridized carbons (Fsp3) is 0.250. The lowest BCUT2D eigenvalue weighted by Gasteiger charge is -2.09. The van der Waals surface area contributed by atoms with Gasteiger partial charge in [0.2, 0.25) is 0 Å². The Morgan fingerprint density at radius 1 is 1.10 bits per heavy atom. The molecular weight excluding hydrogens is 414 g/mol. The van der Waals surface area contributed by atoms with Crippen LogP contribution in [0.3, 0.4) is 0 Å². The van der Waals surface area contributed by atoms with E-state index in [4.69, 9.17) is 4.74 Å². The van der Waals surface area contributed by atoms with Gasteiger partial charge in [-0.05, 0) is 45.8 Å². The van der Waals surface area contributed by atoms with E-state index in [0.29, 0.717) is 0 Å². The van der Waals surface area contributed by atoms with Gasteiger partial charge in [0.15, 0.2) is 0 Å². The zero-order chi connectivity index (χ0) is 15.1. The van der Waals surface area contributed by atoms with Crippen molar-refractivity contribution in [3.05, 3.63) is 57.0 Å². The summed E-state index contributed by atoms with van der Waals surface area (Å²) in [6.07, 6.45) is 0. The van der Waals surface area contributed by atoms with Crippen molar-refractivity contribution in [3.63, 3.8) is 0 Å². The summed E-state index contributed by atoms with van der Waals surface area (Å²) in [7, 11) is 1.71. The Morgan fingerprint density at radius 3 is 2.62 bits per heavy atom. The predicted molar refractivity (Wildman–Crippen MR) is 96.0 cm³/mol. The lowest BCUT2D eigenvalue weighted by Crippen LogP contribution is -2.18. The Hall–Kier alpha value is -0.330. The number of hydrogen-bond donors (Lipinski definition) is 1. The Labute approximate surface area is 146 Å². The molecule has 2 rings (SSSR count). The van der Waals surface area contributed by atoms with Crippen LogP contribution in [0.25, 0.3) is 0 Å². The van der Waals surface area contributed by atoms with Crippen LogP contribution < -0.4 is 5.32 Å². The molecule has 0 fully saturated rings. The van der Waals surface area contributed by atoms with Crippen LogP contribution >= 0.6 is 43.6 Å². The molecule has 2 aromatic carbocycles. The maximum Gasteiger partial charge on any atom is 0.0587 e. The van der Waals surface area contributed by atoms with Crippen LogP contribution in [0.5, 0.6) is 0 Å². The highest BCUT2D eigenvalue weighted by atomic mass is 79.9. The molecular formula is C16H17Br2NOS. The van der Waals surface area contributed by atoms with E-state index in [-0.39, 0.29) is 0 Å². The topological polar surface area (TPSA) is 21.3 Å².